The van der Waals surface area contributed by atoms with Crippen molar-refractivity contribution in [1.82, 2.24) is 30.3 Å². The van der Waals surface area contributed by atoms with Crippen molar-refractivity contribution in [1.29, 1.82) is 0 Å². The Hall–Kier alpha value is -6.38. The fraction of sp³-hybridized carbons (Fsp3) is 0.351. The summed E-state index contributed by atoms with van der Waals surface area (Å²) in [4.78, 5) is 78.2. The van der Waals surface area contributed by atoms with Gasteiger partial charge >= 0.3 is 11.9 Å². The van der Waals surface area contributed by atoms with Crippen LogP contribution in [0.1, 0.15) is 101 Å². The summed E-state index contributed by atoms with van der Waals surface area (Å²) in [7, 11) is 0. The number of halogens is 3. The molecule has 16 heteroatoms. The average Bonchev–Trinajstić information content (AvgIpc) is 3.84. The van der Waals surface area contributed by atoms with E-state index >= 15 is 0 Å². The maximum atomic E-state index is 14.9. The topological polar surface area (TPSA) is 162 Å². The van der Waals surface area contributed by atoms with Crippen molar-refractivity contribution in [2.75, 3.05) is 13.2 Å². The highest BCUT2D eigenvalue weighted by molar-refractivity contribution is 6.67. The number of Topliss-reactive ketones (excluding diaryl/α,β-unsaturated/α-hetero) is 1. The van der Waals surface area contributed by atoms with Gasteiger partial charge in [-0.25, -0.2) is 15.4 Å². The van der Waals surface area contributed by atoms with Gasteiger partial charge in [-0.1, -0.05) is 170 Å². The van der Waals surface area contributed by atoms with Crippen molar-refractivity contribution in [3.63, 3.8) is 0 Å². The summed E-state index contributed by atoms with van der Waals surface area (Å²) in [6, 6.07) is 37.7. The molecule has 1 aliphatic heterocycles. The maximum absolute atomic E-state index is 14.9. The van der Waals surface area contributed by atoms with Crippen LogP contribution >= 0.6 is 34.8 Å². The molecule has 73 heavy (non-hydrogen) atoms. The summed E-state index contributed by atoms with van der Waals surface area (Å²) in [5, 5.41) is 5.26. The van der Waals surface area contributed by atoms with E-state index in [2.05, 4.69) is 47.1 Å². The summed E-state index contributed by atoms with van der Waals surface area (Å²) in [5.74, 6) is -3.40. The highest BCUT2D eigenvalue weighted by Gasteiger charge is 2.41. The largest absolute Gasteiger partial charge is 0.460 e. The van der Waals surface area contributed by atoms with Gasteiger partial charge in [0.05, 0.1) is 23.2 Å². The Balaban J connectivity index is 1.17. The Kier molecular flexibility index (Phi) is 17.6. The number of hydrogen-bond acceptors (Lipinski definition) is 10. The summed E-state index contributed by atoms with van der Waals surface area (Å²) in [6.07, 6.45) is 7.42. The molecule has 0 saturated carbocycles. The molecular formula is C57H61Cl3N6O7. The van der Waals surface area contributed by atoms with Crippen LogP contribution in [0.2, 0.25) is 0 Å². The molecule has 4 atom stereocenters. The van der Waals surface area contributed by atoms with E-state index in [1.54, 1.807) is 27.1 Å². The number of nitrogens with one attached hydrogen (secondary N) is 2. The second-order valence-electron chi connectivity index (χ2n) is 19.4. The molecule has 0 bridgehead atoms. The number of rotatable bonds is 19. The normalized spacial score (nSPS) is 15.7. The molecule has 1 fully saturated rings. The molecule has 3 heterocycles. The van der Waals surface area contributed by atoms with Crippen molar-refractivity contribution < 1.29 is 33.4 Å². The number of carbonyl (C=O) groups excluding carboxylic acids is 5. The van der Waals surface area contributed by atoms with Crippen molar-refractivity contribution >= 4 is 81.3 Å². The van der Waals surface area contributed by atoms with E-state index < -0.39 is 69.2 Å². The molecule has 0 aliphatic carbocycles. The fourth-order valence-electron chi connectivity index (χ4n) is 9.16. The van der Waals surface area contributed by atoms with Crippen LogP contribution in [0.4, 0.5) is 0 Å². The molecule has 6 aromatic rings. The van der Waals surface area contributed by atoms with Crippen molar-refractivity contribution in [3.05, 3.63) is 174 Å². The quantitative estimate of drug-likeness (QED) is 0.0454. The lowest BCUT2D eigenvalue weighted by atomic mass is 9.77. The van der Waals surface area contributed by atoms with Crippen molar-refractivity contribution in [2.45, 2.75) is 94.7 Å². The second kappa shape index (κ2) is 23.7. The van der Waals surface area contributed by atoms with Gasteiger partial charge in [0.2, 0.25) is 9.70 Å². The van der Waals surface area contributed by atoms with Gasteiger partial charge in [0.25, 0.3) is 5.91 Å². The van der Waals surface area contributed by atoms with Crippen LogP contribution < -0.4 is 10.7 Å². The van der Waals surface area contributed by atoms with Gasteiger partial charge < -0.3 is 19.4 Å². The number of pyridine rings is 1. The van der Waals surface area contributed by atoms with Gasteiger partial charge in [-0.3, -0.25) is 29.0 Å². The number of carbonyl (C=O) groups is 5. The average molecular weight is 1050 g/mol. The molecule has 0 spiro atoms. The Bertz CT molecular complexity index is 2830. The second-order valence-corrected chi connectivity index (χ2v) is 21.9. The van der Waals surface area contributed by atoms with Crippen LogP contribution in [0.5, 0.6) is 0 Å². The number of allylic oxidation sites excluding steroid dienone is 1. The third-order valence-electron chi connectivity index (χ3n) is 13.2. The minimum absolute atomic E-state index is 0.0374. The minimum Gasteiger partial charge on any atom is -0.460 e. The van der Waals surface area contributed by atoms with E-state index in [1.807, 2.05) is 122 Å². The number of alkyl halides is 3. The summed E-state index contributed by atoms with van der Waals surface area (Å²) in [5.41, 5.74) is 6.65. The number of hydrogen-bond donors (Lipinski definition) is 2. The first kappa shape index (κ1) is 54.4. The molecule has 382 valence electrons. The predicted octanol–water partition coefficient (Wildman–Crippen LogP) is 10.3. The Morgan fingerprint density at radius 1 is 0.849 bits per heavy atom. The van der Waals surface area contributed by atoms with Crippen LogP contribution in [0.25, 0.3) is 17.0 Å². The molecule has 4 aromatic carbocycles. The number of esters is 2. The molecule has 1 aliphatic rings. The van der Waals surface area contributed by atoms with Gasteiger partial charge in [0.15, 0.2) is 0 Å². The first-order valence-electron chi connectivity index (χ1n) is 24.4. The van der Waals surface area contributed by atoms with E-state index in [0.717, 1.165) is 27.6 Å². The zero-order valence-electron chi connectivity index (χ0n) is 41.8. The highest BCUT2D eigenvalue weighted by Crippen LogP contribution is 2.41. The number of imidazole rings is 1. The first-order valence-corrected chi connectivity index (χ1v) is 25.5. The van der Waals surface area contributed by atoms with E-state index in [1.165, 1.54) is 11.9 Å². The van der Waals surface area contributed by atoms with Gasteiger partial charge in [-0.05, 0) is 73.9 Å². The molecular weight excluding hydrogens is 987 g/mol. The first-order chi connectivity index (χ1) is 34.7. The number of fused-ring (bicyclic) bond motifs is 1. The monoisotopic (exact) mass is 1050 g/mol. The lowest BCUT2D eigenvalue weighted by molar-refractivity contribution is -0.153. The molecule has 2 aromatic heterocycles. The van der Waals surface area contributed by atoms with Crippen LogP contribution in [-0.4, -0.2) is 78.1 Å². The zero-order chi connectivity index (χ0) is 52.5. The van der Waals surface area contributed by atoms with E-state index in [-0.39, 0.29) is 31.1 Å². The number of nitrogens with zero attached hydrogens (tertiary/aromatic N) is 4. The van der Waals surface area contributed by atoms with E-state index in [0.29, 0.717) is 29.7 Å². The summed E-state index contributed by atoms with van der Waals surface area (Å²) >= 11 is 17.6. The SMILES string of the molecule is CC(=O)O[C@H](C)c1ccc2ccc(/C=C/C(C)(C)C(=O)C[C@H](C(=O)N[C@@H](Cc3cn(C(c4ccccc4)(c4ccccc4)c4ccccc4)cn3)C(=O)N3CCC[C@@H](C(=O)OCC(Cl)(Cl)Cl)N3)C(C)C)cc2n1. The lowest BCUT2D eigenvalue weighted by Gasteiger charge is -2.37. The van der Waals surface area contributed by atoms with Gasteiger partial charge in [0, 0.05) is 49.2 Å². The van der Waals surface area contributed by atoms with Gasteiger partial charge in [-0.15, -0.1) is 0 Å². The Morgan fingerprint density at radius 2 is 1.45 bits per heavy atom. The number of hydrazine groups is 1. The molecule has 0 radical (unpaired) electrons. The number of amides is 2. The maximum Gasteiger partial charge on any atom is 0.325 e. The molecule has 1 saturated heterocycles. The highest BCUT2D eigenvalue weighted by atomic mass is 35.6. The van der Waals surface area contributed by atoms with Crippen LogP contribution in [0.15, 0.2) is 140 Å². The van der Waals surface area contributed by atoms with Crippen molar-refractivity contribution in [3.8, 4) is 0 Å². The molecule has 13 nitrogen and oxygen atoms in total. The van der Waals surface area contributed by atoms with Crippen LogP contribution in [-0.2, 0) is 45.4 Å². The Morgan fingerprint density at radius 3 is 2.03 bits per heavy atom. The van der Waals surface area contributed by atoms with Crippen LogP contribution in [0.3, 0.4) is 0 Å². The number of aromatic nitrogens is 3. The Labute approximate surface area is 441 Å². The van der Waals surface area contributed by atoms with E-state index in [4.69, 9.17) is 54.2 Å². The molecule has 2 N–H and O–H groups in total. The third kappa shape index (κ3) is 13.4. The third-order valence-corrected chi connectivity index (χ3v) is 13.5. The smallest absolute Gasteiger partial charge is 0.325 e. The van der Waals surface area contributed by atoms with E-state index in [9.17, 15) is 24.0 Å². The number of benzene rings is 4. The fourth-order valence-corrected chi connectivity index (χ4v) is 9.33. The standard InChI is InChI=1S/C57H61Cl3N6O7/c1-37(2)46(33-51(68)55(5,6)29-28-40-24-25-41-26-27-47(62-49(41)31-40)38(3)73-39(4)67)52(69)63-50(53(70)66-30-16-23-48(64-66)54(71)72-35-56(58,59)60)32-45-34-65(36-61-45)57(42-17-10-7-11-18-42,43-19-12-8-13-20-43)44-21-14-9-15-22-44/h7-15,17-22,24-29,31,34,36-38,46,48,50,64H,16,23,30,32-33,35H2,1-6H3,(H,63,69)/b29-28+/t38-,46+,48+,50+/m1/s1. The summed E-state index contributed by atoms with van der Waals surface area (Å²) < 4.78 is 10.8. The summed E-state index contributed by atoms with van der Waals surface area (Å²) in [6.45, 7) is 10.2. The molecule has 2 amide bonds. The predicted molar refractivity (Wildman–Crippen MR) is 284 cm³/mol. The van der Waals surface area contributed by atoms with Crippen molar-refractivity contribution in [2.24, 2.45) is 17.3 Å². The molecule has 0 unspecified atom stereocenters. The van der Waals surface area contributed by atoms with Gasteiger partial charge in [0.1, 0.15) is 36.1 Å². The van der Waals surface area contributed by atoms with Crippen LogP contribution in [0, 0.1) is 17.3 Å². The van der Waals surface area contributed by atoms with Gasteiger partial charge in [-0.2, -0.15) is 0 Å². The molecule has 7 rings (SSSR count). The zero-order valence-corrected chi connectivity index (χ0v) is 44.0. The number of ketones is 1. The minimum atomic E-state index is -1.83. The number of ether oxygens (including phenoxy) is 2. The lowest BCUT2D eigenvalue weighted by Crippen LogP contribution is -2.61.